The number of hydrogen-bond acceptors (Lipinski definition) is 4. The zero-order valence-corrected chi connectivity index (χ0v) is 19.1. The Morgan fingerprint density at radius 2 is 1.76 bits per heavy atom. The smallest absolute Gasteiger partial charge is 0.326 e. The van der Waals surface area contributed by atoms with Crippen molar-refractivity contribution < 1.29 is 14.7 Å². The Hall–Kier alpha value is -2.61. The number of aromatic amines is 1. The number of H-pyrrole nitrogens is 1. The Labute approximate surface area is 193 Å². The first-order chi connectivity index (χ1) is 16.0. The summed E-state index contributed by atoms with van der Waals surface area (Å²) in [5, 5.41) is 9.37. The van der Waals surface area contributed by atoms with Gasteiger partial charge in [-0.2, -0.15) is 0 Å². The highest BCUT2D eigenvalue weighted by atomic mass is 16.4. The van der Waals surface area contributed by atoms with Gasteiger partial charge in [0.15, 0.2) is 0 Å². The molecule has 8 heteroatoms. The molecule has 0 spiro atoms. The van der Waals surface area contributed by atoms with Crippen LogP contribution < -0.4 is 5.69 Å². The van der Waals surface area contributed by atoms with Crippen LogP contribution in [0.5, 0.6) is 0 Å². The molecule has 178 valence electrons. The molecule has 33 heavy (non-hydrogen) atoms. The number of benzene rings is 1. The summed E-state index contributed by atoms with van der Waals surface area (Å²) in [4.78, 5) is 43.9. The Kier molecular flexibility index (Phi) is 6.27. The van der Waals surface area contributed by atoms with Crippen LogP contribution in [0.4, 0.5) is 0 Å². The maximum Gasteiger partial charge on any atom is 0.326 e. The molecule has 5 rings (SSSR count). The van der Waals surface area contributed by atoms with Crippen molar-refractivity contribution in [3.05, 3.63) is 34.7 Å². The summed E-state index contributed by atoms with van der Waals surface area (Å²) in [7, 11) is 0. The number of imidazole rings is 1. The second-order valence-corrected chi connectivity index (χ2v) is 10.1. The van der Waals surface area contributed by atoms with Crippen LogP contribution in [0.3, 0.4) is 0 Å². The Morgan fingerprint density at radius 3 is 2.48 bits per heavy atom. The van der Waals surface area contributed by atoms with Crippen LogP contribution >= 0.6 is 0 Å². The van der Waals surface area contributed by atoms with Gasteiger partial charge in [-0.3, -0.25) is 14.2 Å². The molecule has 1 aliphatic carbocycles. The highest BCUT2D eigenvalue weighted by Gasteiger charge is 2.38. The summed E-state index contributed by atoms with van der Waals surface area (Å²) in [6.45, 7) is 4.18. The molecule has 1 amide bonds. The quantitative estimate of drug-likeness (QED) is 0.670. The Morgan fingerprint density at radius 1 is 1.00 bits per heavy atom. The summed E-state index contributed by atoms with van der Waals surface area (Å²) in [6, 6.07) is 8.05. The lowest BCUT2D eigenvalue weighted by Gasteiger charge is -2.40. The molecule has 8 nitrogen and oxygen atoms in total. The molecule has 1 aromatic carbocycles. The molecule has 3 aliphatic rings. The fourth-order valence-electron chi connectivity index (χ4n) is 5.88. The number of aliphatic carboxylic acids is 1. The molecule has 0 bridgehead atoms. The molecular formula is C25H34N4O4. The van der Waals surface area contributed by atoms with Crippen LogP contribution in [0.15, 0.2) is 29.1 Å². The summed E-state index contributed by atoms with van der Waals surface area (Å²) in [5.41, 5.74) is 1.82. The van der Waals surface area contributed by atoms with Crippen molar-refractivity contribution >= 4 is 22.9 Å². The number of fused-ring (bicyclic) bond motifs is 1. The van der Waals surface area contributed by atoms with Gasteiger partial charge in [-0.25, -0.2) is 4.79 Å². The monoisotopic (exact) mass is 454 g/mol. The van der Waals surface area contributed by atoms with Crippen LogP contribution in [-0.2, 0) is 9.59 Å². The molecule has 2 unspecified atom stereocenters. The van der Waals surface area contributed by atoms with Gasteiger partial charge in [0.25, 0.3) is 0 Å². The summed E-state index contributed by atoms with van der Waals surface area (Å²) in [5.74, 6) is 0.143. The number of hydrogen-bond donors (Lipinski definition) is 2. The van der Waals surface area contributed by atoms with Crippen LogP contribution in [0, 0.1) is 17.8 Å². The topological polar surface area (TPSA) is 98.6 Å². The number of piperidine rings is 2. The number of carboxylic acids is 1. The number of carbonyl (C=O) groups is 2. The second kappa shape index (κ2) is 9.33. The minimum absolute atomic E-state index is 0.0335. The van der Waals surface area contributed by atoms with E-state index in [9.17, 15) is 19.5 Å². The molecule has 2 N–H and O–H groups in total. The first-order valence-corrected chi connectivity index (χ1v) is 12.4. The van der Waals surface area contributed by atoms with Crippen molar-refractivity contribution in [1.29, 1.82) is 0 Å². The first kappa shape index (κ1) is 22.2. The zero-order chi connectivity index (χ0) is 22.9. The normalized spacial score (nSPS) is 24.9. The number of aromatic nitrogens is 2. The van der Waals surface area contributed by atoms with E-state index in [1.165, 1.54) is 0 Å². The van der Waals surface area contributed by atoms with Crippen LogP contribution in [0.1, 0.15) is 51.0 Å². The Bertz CT molecular complexity index is 1060. The van der Waals surface area contributed by atoms with Gasteiger partial charge in [0.2, 0.25) is 5.91 Å². The predicted octanol–water partition coefficient (Wildman–Crippen LogP) is 2.71. The number of para-hydroxylation sites is 2. The predicted molar refractivity (Wildman–Crippen MR) is 125 cm³/mol. The average molecular weight is 455 g/mol. The van der Waals surface area contributed by atoms with E-state index in [0.717, 1.165) is 69.2 Å². The van der Waals surface area contributed by atoms with E-state index in [0.29, 0.717) is 13.1 Å². The van der Waals surface area contributed by atoms with E-state index in [2.05, 4.69) is 9.88 Å². The molecular weight excluding hydrogens is 420 g/mol. The number of carboxylic acid groups (broad SMARTS) is 1. The lowest BCUT2D eigenvalue weighted by atomic mass is 9.80. The molecule has 3 heterocycles. The fourth-order valence-corrected chi connectivity index (χ4v) is 5.88. The number of likely N-dealkylation sites (tertiary alicyclic amines) is 2. The van der Waals surface area contributed by atoms with Crippen molar-refractivity contribution in [3.8, 4) is 0 Å². The second-order valence-electron chi connectivity index (χ2n) is 10.1. The van der Waals surface area contributed by atoms with E-state index in [1.807, 2.05) is 33.7 Å². The molecule has 2 atom stereocenters. The number of amides is 1. The van der Waals surface area contributed by atoms with Gasteiger partial charge in [0.05, 0.1) is 11.0 Å². The first-order valence-electron chi connectivity index (χ1n) is 12.4. The van der Waals surface area contributed by atoms with Crippen molar-refractivity contribution in [2.75, 3.05) is 32.7 Å². The molecule has 1 aromatic heterocycles. The molecule has 2 aliphatic heterocycles. The number of nitrogens with zero attached hydrogens (tertiary/aromatic N) is 3. The third-order valence-corrected chi connectivity index (χ3v) is 7.93. The van der Waals surface area contributed by atoms with Gasteiger partial charge in [0.1, 0.15) is 0 Å². The average Bonchev–Trinajstić information content (AvgIpc) is 3.60. The largest absolute Gasteiger partial charge is 0.481 e. The van der Waals surface area contributed by atoms with E-state index in [-0.39, 0.29) is 41.8 Å². The van der Waals surface area contributed by atoms with E-state index in [4.69, 9.17) is 0 Å². The van der Waals surface area contributed by atoms with E-state index in [1.54, 1.807) is 0 Å². The SMILES string of the molecule is O=C(O)CC1CCN(C(=O)C2CC2)CC1CCN1CCC(n2c(=O)[nH]c3ccccc32)CC1. The number of rotatable bonds is 7. The van der Waals surface area contributed by atoms with Crippen LogP contribution in [0.2, 0.25) is 0 Å². The zero-order valence-electron chi connectivity index (χ0n) is 19.1. The van der Waals surface area contributed by atoms with E-state index < -0.39 is 5.97 Å². The molecule has 2 saturated heterocycles. The minimum atomic E-state index is -0.739. The van der Waals surface area contributed by atoms with Gasteiger partial charge >= 0.3 is 11.7 Å². The highest BCUT2D eigenvalue weighted by molar-refractivity contribution is 5.81. The molecule has 2 aromatic rings. The van der Waals surface area contributed by atoms with Crippen molar-refractivity contribution in [3.63, 3.8) is 0 Å². The standard InChI is InChI=1S/C25H34N4O4/c30-23(31)15-18-8-14-28(24(32)17-5-6-17)16-19(18)7-11-27-12-9-20(10-13-27)29-22-4-2-1-3-21(22)26-25(29)33/h1-4,17-20H,5-16H2,(H,26,33)(H,30,31). The fraction of sp³-hybridized carbons (Fsp3) is 0.640. The van der Waals surface area contributed by atoms with Gasteiger partial charge < -0.3 is 19.9 Å². The third kappa shape index (κ3) is 4.86. The van der Waals surface area contributed by atoms with Crippen LogP contribution in [0.25, 0.3) is 11.0 Å². The summed E-state index contributed by atoms with van der Waals surface area (Å²) in [6.07, 6.45) is 5.78. The lowest BCUT2D eigenvalue weighted by molar-refractivity contribution is -0.140. The van der Waals surface area contributed by atoms with Crippen molar-refractivity contribution in [1.82, 2.24) is 19.4 Å². The summed E-state index contributed by atoms with van der Waals surface area (Å²) < 4.78 is 1.91. The Balaban J connectivity index is 1.18. The number of nitrogens with one attached hydrogen (secondary N) is 1. The van der Waals surface area contributed by atoms with Gasteiger partial charge in [0, 0.05) is 44.6 Å². The minimum Gasteiger partial charge on any atom is -0.481 e. The van der Waals surface area contributed by atoms with Gasteiger partial charge in [-0.1, -0.05) is 12.1 Å². The van der Waals surface area contributed by atoms with Gasteiger partial charge in [-0.15, -0.1) is 0 Å². The van der Waals surface area contributed by atoms with Gasteiger partial charge in [-0.05, 0) is 69.0 Å². The molecule has 1 saturated carbocycles. The third-order valence-electron chi connectivity index (χ3n) is 7.93. The number of carbonyl (C=O) groups excluding carboxylic acids is 1. The maximum absolute atomic E-state index is 12.6. The van der Waals surface area contributed by atoms with Crippen molar-refractivity contribution in [2.45, 2.75) is 51.0 Å². The molecule has 0 radical (unpaired) electrons. The van der Waals surface area contributed by atoms with E-state index >= 15 is 0 Å². The maximum atomic E-state index is 12.6. The lowest BCUT2D eigenvalue weighted by Crippen LogP contribution is -2.46. The highest BCUT2D eigenvalue weighted by Crippen LogP contribution is 2.35. The van der Waals surface area contributed by atoms with Crippen LogP contribution in [-0.4, -0.2) is 69.1 Å². The summed E-state index contributed by atoms with van der Waals surface area (Å²) >= 11 is 0. The van der Waals surface area contributed by atoms with Crippen molar-refractivity contribution in [2.24, 2.45) is 17.8 Å². The molecule has 3 fully saturated rings.